The zero-order valence-electron chi connectivity index (χ0n) is 10.1. The van der Waals surface area contributed by atoms with Crippen molar-refractivity contribution in [3.63, 3.8) is 0 Å². The molecule has 0 aliphatic rings. The molecule has 1 N–H and O–H groups in total. The summed E-state index contributed by atoms with van der Waals surface area (Å²) in [4.78, 5) is 0. The number of aliphatic hydroxyl groups is 1. The lowest BCUT2D eigenvalue weighted by Gasteiger charge is -2.08. The van der Waals surface area contributed by atoms with Crippen molar-refractivity contribution in [2.24, 2.45) is 0 Å². The van der Waals surface area contributed by atoms with Crippen LogP contribution < -0.4 is 4.74 Å². The molecule has 4 heteroatoms. The van der Waals surface area contributed by atoms with E-state index >= 15 is 0 Å². The summed E-state index contributed by atoms with van der Waals surface area (Å²) in [6.45, 7) is 1.39. The lowest BCUT2D eigenvalue weighted by atomic mass is 10.2. The van der Waals surface area contributed by atoms with E-state index < -0.39 is 0 Å². The van der Waals surface area contributed by atoms with Crippen molar-refractivity contribution in [3.05, 3.63) is 30.0 Å². The molecule has 0 unspecified atom stereocenters. The Balaban J connectivity index is 2.47. The van der Waals surface area contributed by atoms with Crippen molar-refractivity contribution in [1.82, 2.24) is 4.57 Å². The minimum Gasteiger partial charge on any atom is -0.497 e. The largest absolute Gasteiger partial charge is 0.497 e. The number of aliphatic hydroxyl groups excluding tert-OH is 1. The van der Waals surface area contributed by atoms with E-state index in [1.54, 1.807) is 14.2 Å². The molecule has 0 saturated heterocycles. The van der Waals surface area contributed by atoms with E-state index in [1.165, 1.54) is 0 Å². The summed E-state index contributed by atoms with van der Waals surface area (Å²) in [7, 11) is 3.32. The highest BCUT2D eigenvalue weighted by Gasteiger charge is 2.08. The average molecular weight is 235 g/mol. The van der Waals surface area contributed by atoms with Gasteiger partial charge in [0.15, 0.2) is 0 Å². The first-order valence-corrected chi connectivity index (χ1v) is 5.56. The minimum absolute atomic E-state index is 0.0285. The molecule has 0 bridgehead atoms. The molecule has 0 radical (unpaired) electrons. The summed E-state index contributed by atoms with van der Waals surface area (Å²) >= 11 is 0. The summed E-state index contributed by atoms with van der Waals surface area (Å²) in [5.74, 6) is 0.825. The zero-order valence-corrected chi connectivity index (χ0v) is 10.1. The second-order valence-electron chi connectivity index (χ2n) is 3.86. The van der Waals surface area contributed by atoms with Gasteiger partial charge in [-0.2, -0.15) is 0 Å². The van der Waals surface area contributed by atoms with Gasteiger partial charge in [0.05, 0.1) is 20.3 Å². The normalized spacial score (nSPS) is 11.0. The molecule has 1 aromatic heterocycles. The van der Waals surface area contributed by atoms with Crippen molar-refractivity contribution in [2.75, 3.05) is 20.8 Å². The van der Waals surface area contributed by atoms with Crippen LogP contribution in [0.1, 0.15) is 5.69 Å². The molecule has 0 aliphatic heterocycles. The first kappa shape index (κ1) is 12.0. The van der Waals surface area contributed by atoms with Crippen LogP contribution in [0, 0.1) is 0 Å². The fraction of sp³-hybridized carbons (Fsp3) is 0.385. The predicted molar refractivity (Wildman–Crippen MR) is 66.3 cm³/mol. The number of rotatable bonds is 5. The number of aromatic nitrogens is 1. The molecule has 0 saturated carbocycles. The lowest BCUT2D eigenvalue weighted by Crippen LogP contribution is -2.07. The van der Waals surface area contributed by atoms with Crippen molar-refractivity contribution in [3.8, 4) is 5.75 Å². The first-order valence-electron chi connectivity index (χ1n) is 5.56. The summed E-state index contributed by atoms with van der Waals surface area (Å²) in [6.07, 6.45) is 0. The third-order valence-corrected chi connectivity index (χ3v) is 2.88. The van der Waals surface area contributed by atoms with Crippen molar-refractivity contribution in [2.45, 2.75) is 13.2 Å². The average Bonchev–Trinajstić information content (AvgIpc) is 2.72. The van der Waals surface area contributed by atoms with Gasteiger partial charge in [-0.25, -0.2) is 0 Å². The van der Waals surface area contributed by atoms with E-state index in [0.29, 0.717) is 6.61 Å². The first-order chi connectivity index (χ1) is 8.30. The highest BCUT2D eigenvalue weighted by molar-refractivity contribution is 5.82. The number of hydrogen-bond acceptors (Lipinski definition) is 3. The molecule has 4 nitrogen and oxygen atoms in total. The Hall–Kier alpha value is -1.52. The maximum atomic E-state index is 9.35. The van der Waals surface area contributed by atoms with Gasteiger partial charge < -0.3 is 19.1 Å². The van der Waals surface area contributed by atoms with Gasteiger partial charge >= 0.3 is 0 Å². The van der Waals surface area contributed by atoms with E-state index in [4.69, 9.17) is 9.47 Å². The van der Waals surface area contributed by atoms with E-state index in [9.17, 15) is 5.11 Å². The van der Waals surface area contributed by atoms with Crippen LogP contribution in [-0.4, -0.2) is 30.5 Å². The Morgan fingerprint density at radius 2 is 2.06 bits per heavy atom. The summed E-state index contributed by atoms with van der Waals surface area (Å²) in [6, 6.07) is 7.88. The molecule has 2 aromatic rings. The monoisotopic (exact) mass is 235 g/mol. The molecule has 17 heavy (non-hydrogen) atoms. The maximum absolute atomic E-state index is 9.35. The fourth-order valence-electron chi connectivity index (χ4n) is 2.01. The van der Waals surface area contributed by atoms with E-state index in [2.05, 4.69) is 4.57 Å². The molecule has 0 spiro atoms. The van der Waals surface area contributed by atoms with Crippen LogP contribution >= 0.6 is 0 Å². The minimum atomic E-state index is 0.0285. The number of nitrogens with zero attached hydrogens (tertiary/aromatic N) is 1. The van der Waals surface area contributed by atoms with Gasteiger partial charge in [-0.15, -0.1) is 0 Å². The SMILES string of the molecule is COCCn1c(CO)cc2cc(OC)ccc21. The van der Waals surface area contributed by atoms with Crippen molar-refractivity contribution in [1.29, 1.82) is 0 Å². The molecule has 2 rings (SSSR count). The number of ether oxygens (including phenoxy) is 2. The van der Waals surface area contributed by atoms with Gasteiger partial charge in [-0.3, -0.25) is 0 Å². The predicted octanol–water partition coefficient (Wildman–Crippen LogP) is 1.79. The standard InChI is InChI=1S/C13H17NO3/c1-16-6-5-14-11(9-15)7-10-8-12(17-2)3-4-13(10)14/h3-4,7-8,15H,5-6,9H2,1-2H3. The van der Waals surface area contributed by atoms with Gasteiger partial charge in [0.2, 0.25) is 0 Å². The molecule has 1 heterocycles. The Kier molecular flexibility index (Phi) is 3.66. The van der Waals surface area contributed by atoms with Crippen LogP contribution in [0.5, 0.6) is 5.75 Å². The highest BCUT2D eigenvalue weighted by atomic mass is 16.5. The number of benzene rings is 1. The summed E-state index contributed by atoms with van der Waals surface area (Å²) in [5, 5.41) is 10.4. The molecular formula is C13H17NO3. The summed E-state index contributed by atoms with van der Waals surface area (Å²) in [5.41, 5.74) is 1.98. The van der Waals surface area contributed by atoms with Crippen LogP contribution in [0.25, 0.3) is 10.9 Å². The molecule has 92 valence electrons. The van der Waals surface area contributed by atoms with Crippen LogP contribution in [-0.2, 0) is 17.9 Å². The molecule has 0 aliphatic carbocycles. The van der Waals surface area contributed by atoms with Gasteiger partial charge in [-0.1, -0.05) is 0 Å². The Morgan fingerprint density at radius 3 is 2.71 bits per heavy atom. The molecule has 0 atom stereocenters. The van der Waals surface area contributed by atoms with Crippen LogP contribution in [0.4, 0.5) is 0 Å². The lowest BCUT2D eigenvalue weighted by molar-refractivity contribution is 0.184. The van der Waals surface area contributed by atoms with Crippen LogP contribution in [0.3, 0.4) is 0 Å². The fourth-order valence-corrected chi connectivity index (χ4v) is 2.01. The number of methoxy groups -OCH3 is 2. The quantitative estimate of drug-likeness (QED) is 0.859. The second kappa shape index (κ2) is 5.21. The number of fused-ring (bicyclic) bond motifs is 1. The Labute approximate surface area is 100 Å². The van der Waals surface area contributed by atoms with Gasteiger partial charge in [-0.05, 0) is 24.3 Å². The van der Waals surface area contributed by atoms with Crippen molar-refractivity contribution >= 4 is 10.9 Å². The second-order valence-corrected chi connectivity index (χ2v) is 3.86. The molecular weight excluding hydrogens is 218 g/mol. The third-order valence-electron chi connectivity index (χ3n) is 2.88. The Morgan fingerprint density at radius 1 is 1.24 bits per heavy atom. The van der Waals surface area contributed by atoms with Gasteiger partial charge in [0, 0.05) is 30.3 Å². The molecule has 1 aromatic carbocycles. The summed E-state index contributed by atoms with van der Waals surface area (Å²) < 4.78 is 12.3. The maximum Gasteiger partial charge on any atom is 0.119 e. The van der Waals surface area contributed by atoms with Crippen molar-refractivity contribution < 1.29 is 14.6 Å². The van der Waals surface area contributed by atoms with E-state index in [0.717, 1.165) is 28.9 Å². The van der Waals surface area contributed by atoms with E-state index in [-0.39, 0.29) is 6.61 Å². The topological polar surface area (TPSA) is 43.6 Å². The molecule has 0 amide bonds. The zero-order chi connectivity index (χ0) is 12.3. The molecule has 0 fully saturated rings. The van der Waals surface area contributed by atoms with Crippen LogP contribution in [0.2, 0.25) is 0 Å². The smallest absolute Gasteiger partial charge is 0.119 e. The van der Waals surface area contributed by atoms with Gasteiger partial charge in [0.25, 0.3) is 0 Å². The Bertz CT molecular complexity index is 505. The third kappa shape index (κ3) is 2.28. The van der Waals surface area contributed by atoms with E-state index in [1.807, 2.05) is 24.3 Å². The van der Waals surface area contributed by atoms with Crippen LogP contribution in [0.15, 0.2) is 24.3 Å². The highest BCUT2D eigenvalue weighted by Crippen LogP contribution is 2.24. The number of hydrogen-bond donors (Lipinski definition) is 1. The van der Waals surface area contributed by atoms with Gasteiger partial charge in [0.1, 0.15) is 5.75 Å².